The van der Waals surface area contributed by atoms with Crippen molar-refractivity contribution in [2.45, 2.75) is 19.4 Å². The summed E-state index contributed by atoms with van der Waals surface area (Å²) in [5.41, 5.74) is 2.94. The highest BCUT2D eigenvalue weighted by molar-refractivity contribution is 7.22. The fourth-order valence-electron chi connectivity index (χ4n) is 2.19. The number of hydrogen-bond donors (Lipinski definition) is 3. The number of rotatable bonds is 5. The van der Waals surface area contributed by atoms with Gasteiger partial charge in [-0.3, -0.25) is 10.2 Å². The van der Waals surface area contributed by atoms with Gasteiger partial charge >= 0.3 is 0 Å². The van der Waals surface area contributed by atoms with Crippen molar-refractivity contribution in [3.8, 4) is 5.75 Å². The molecule has 4 N–H and O–H groups in total. The number of nitrogens with zero attached hydrogens (tertiary/aromatic N) is 1. The van der Waals surface area contributed by atoms with Gasteiger partial charge in [-0.1, -0.05) is 22.9 Å². The van der Waals surface area contributed by atoms with E-state index in [4.69, 9.17) is 22.2 Å². The zero-order valence-electron chi connectivity index (χ0n) is 13.7. The summed E-state index contributed by atoms with van der Waals surface area (Å²) in [5.74, 6) is 5.69. The van der Waals surface area contributed by atoms with Crippen LogP contribution in [-0.4, -0.2) is 16.5 Å². The van der Waals surface area contributed by atoms with Gasteiger partial charge < -0.3 is 10.1 Å². The number of carbonyl (C=O) groups is 1. The molecule has 0 aliphatic rings. The third kappa shape index (κ3) is 4.01. The Labute approximate surface area is 153 Å². The predicted octanol–water partition coefficient (Wildman–Crippen LogP) is 4.03. The highest BCUT2D eigenvalue weighted by Gasteiger charge is 2.30. The van der Waals surface area contributed by atoms with E-state index in [2.05, 4.69) is 15.7 Å². The van der Waals surface area contributed by atoms with Crippen LogP contribution in [0, 0.1) is 0 Å². The third-order valence-corrected chi connectivity index (χ3v) is 4.70. The van der Waals surface area contributed by atoms with E-state index < -0.39 is 5.60 Å². The number of anilines is 2. The van der Waals surface area contributed by atoms with Crippen LogP contribution in [0.4, 0.5) is 10.8 Å². The minimum absolute atomic E-state index is 0.261. The van der Waals surface area contributed by atoms with Crippen LogP contribution in [0.5, 0.6) is 5.75 Å². The molecule has 0 atom stereocenters. The van der Waals surface area contributed by atoms with Gasteiger partial charge in [-0.2, -0.15) is 0 Å². The van der Waals surface area contributed by atoms with Crippen LogP contribution in [0.2, 0.25) is 5.02 Å². The SMILES string of the molecule is CC(C)(Oc1ccc(Cl)cc1)C(=O)Nc1ccc2nc(NN)sc2c1. The van der Waals surface area contributed by atoms with Gasteiger partial charge in [0.2, 0.25) is 0 Å². The molecule has 0 saturated carbocycles. The van der Waals surface area contributed by atoms with Gasteiger partial charge in [-0.05, 0) is 56.3 Å². The lowest BCUT2D eigenvalue weighted by Crippen LogP contribution is -2.42. The Morgan fingerprint density at radius 1 is 1.24 bits per heavy atom. The van der Waals surface area contributed by atoms with E-state index in [1.807, 2.05) is 12.1 Å². The number of benzene rings is 2. The van der Waals surface area contributed by atoms with Crippen LogP contribution >= 0.6 is 22.9 Å². The average molecular weight is 377 g/mol. The van der Waals surface area contributed by atoms with Crippen LogP contribution in [-0.2, 0) is 4.79 Å². The molecule has 130 valence electrons. The maximum atomic E-state index is 12.6. The average Bonchev–Trinajstić information content (AvgIpc) is 2.99. The van der Waals surface area contributed by atoms with Crippen LogP contribution in [0.25, 0.3) is 10.2 Å². The van der Waals surface area contributed by atoms with Gasteiger partial charge in [0.1, 0.15) is 5.75 Å². The Kier molecular flexibility index (Phi) is 4.80. The monoisotopic (exact) mass is 376 g/mol. The van der Waals surface area contributed by atoms with Gasteiger partial charge in [0, 0.05) is 10.7 Å². The molecule has 0 bridgehead atoms. The van der Waals surface area contributed by atoms with Crippen molar-refractivity contribution in [1.29, 1.82) is 0 Å². The van der Waals surface area contributed by atoms with Gasteiger partial charge in [0.25, 0.3) is 5.91 Å². The Morgan fingerprint density at radius 2 is 1.96 bits per heavy atom. The topological polar surface area (TPSA) is 89.3 Å². The Bertz CT molecular complexity index is 909. The van der Waals surface area contributed by atoms with Crippen molar-refractivity contribution in [3.63, 3.8) is 0 Å². The largest absolute Gasteiger partial charge is 0.478 e. The lowest BCUT2D eigenvalue weighted by atomic mass is 10.1. The molecule has 0 unspecified atom stereocenters. The van der Waals surface area contributed by atoms with Gasteiger partial charge in [0.05, 0.1) is 10.2 Å². The predicted molar refractivity (Wildman–Crippen MR) is 102 cm³/mol. The molecule has 0 saturated heterocycles. The molecular formula is C17H17ClN4O2S. The molecule has 8 heteroatoms. The van der Waals surface area contributed by atoms with E-state index in [0.29, 0.717) is 21.6 Å². The first-order valence-electron chi connectivity index (χ1n) is 7.50. The summed E-state index contributed by atoms with van der Waals surface area (Å²) in [5, 5.41) is 4.10. The number of aromatic nitrogens is 1. The number of hydrogen-bond acceptors (Lipinski definition) is 6. The third-order valence-electron chi connectivity index (χ3n) is 3.50. The minimum Gasteiger partial charge on any atom is -0.478 e. The number of hydrazine groups is 1. The van der Waals surface area contributed by atoms with Gasteiger partial charge in [0.15, 0.2) is 10.7 Å². The number of amides is 1. The molecule has 1 amide bonds. The molecule has 3 aromatic rings. The first-order valence-corrected chi connectivity index (χ1v) is 8.70. The smallest absolute Gasteiger partial charge is 0.267 e. The maximum Gasteiger partial charge on any atom is 0.267 e. The molecule has 0 fully saturated rings. The normalized spacial score (nSPS) is 11.4. The summed E-state index contributed by atoms with van der Waals surface area (Å²) in [7, 11) is 0. The Balaban J connectivity index is 1.74. The number of thiazole rings is 1. The zero-order valence-corrected chi connectivity index (χ0v) is 15.2. The lowest BCUT2D eigenvalue weighted by Gasteiger charge is -2.25. The second-order valence-corrected chi connectivity index (χ2v) is 7.33. The molecule has 0 aliphatic carbocycles. The molecule has 25 heavy (non-hydrogen) atoms. The van der Waals surface area contributed by atoms with Crippen LogP contribution in [0.15, 0.2) is 42.5 Å². The van der Waals surface area contributed by atoms with Gasteiger partial charge in [-0.15, -0.1) is 0 Å². The van der Waals surface area contributed by atoms with E-state index in [0.717, 1.165) is 10.2 Å². The number of ether oxygens (including phenoxy) is 1. The quantitative estimate of drug-likeness (QED) is 0.462. The Morgan fingerprint density at radius 3 is 2.64 bits per heavy atom. The van der Waals surface area contributed by atoms with E-state index >= 15 is 0 Å². The molecular weight excluding hydrogens is 360 g/mol. The zero-order chi connectivity index (χ0) is 18.0. The minimum atomic E-state index is -1.06. The summed E-state index contributed by atoms with van der Waals surface area (Å²) < 4.78 is 6.71. The van der Waals surface area contributed by atoms with Crippen LogP contribution < -0.4 is 21.3 Å². The molecule has 0 radical (unpaired) electrons. The first kappa shape index (κ1) is 17.5. The van der Waals surface area contributed by atoms with Crippen molar-refractivity contribution >= 4 is 49.9 Å². The van der Waals surface area contributed by atoms with Crippen molar-refractivity contribution in [1.82, 2.24) is 4.98 Å². The van der Waals surface area contributed by atoms with Crippen molar-refractivity contribution in [2.75, 3.05) is 10.7 Å². The second-order valence-electron chi connectivity index (χ2n) is 5.87. The number of halogens is 1. The van der Waals surface area contributed by atoms with Gasteiger partial charge in [-0.25, -0.2) is 10.8 Å². The van der Waals surface area contributed by atoms with Crippen LogP contribution in [0.1, 0.15) is 13.8 Å². The molecule has 3 rings (SSSR count). The van der Waals surface area contributed by atoms with Crippen molar-refractivity contribution in [2.24, 2.45) is 5.84 Å². The van der Waals surface area contributed by atoms with Crippen molar-refractivity contribution < 1.29 is 9.53 Å². The summed E-state index contributed by atoms with van der Waals surface area (Å²) in [6, 6.07) is 12.3. The summed E-state index contributed by atoms with van der Waals surface area (Å²) in [4.78, 5) is 16.9. The number of fused-ring (bicyclic) bond motifs is 1. The van der Waals surface area contributed by atoms with E-state index in [9.17, 15) is 4.79 Å². The van der Waals surface area contributed by atoms with Crippen molar-refractivity contribution in [3.05, 3.63) is 47.5 Å². The first-order chi connectivity index (χ1) is 11.9. The van der Waals surface area contributed by atoms with Crippen LogP contribution in [0.3, 0.4) is 0 Å². The number of nitrogen functional groups attached to an aromatic ring is 1. The fraction of sp³-hybridized carbons (Fsp3) is 0.176. The highest BCUT2D eigenvalue weighted by atomic mass is 35.5. The number of carbonyl (C=O) groups excluding carboxylic acids is 1. The molecule has 1 aromatic heterocycles. The highest BCUT2D eigenvalue weighted by Crippen LogP contribution is 2.28. The molecule has 0 aliphatic heterocycles. The Hall–Kier alpha value is -2.35. The number of nitrogens with two attached hydrogens (primary N) is 1. The summed E-state index contributed by atoms with van der Waals surface area (Å²) in [6.07, 6.45) is 0. The summed E-state index contributed by atoms with van der Waals surface area (Å²) >= 11 is 7.27. The number of nitrogens with one attached hydrogen (secondary N) is 2. The molecule has 1 heterocycles. The van der Waals surface area contributed by atoms with E-state index in [1.165, 1.54) is 11.3 Å². The van der Waals surface area contributed by atoms with E-state index in [1.54, 1.807) is 44.2 Å². The molecule has 2 aromatic carbocycles. The second kappa shape index (κ2) is 6.87. The fourth-order valence-corrected chi connectivity index (χ4v) is 3.13. The molecule has 6 nitrogen and oxygen atoms in total. The van der Waals surface area contributed by atoms with E-state index in [-0.39, 0.29) is 5.91 Å². The maximum absolute atomic E-state index is 12.6. The summed E-state index contributed by atoms with van der Waals surface area (Å²) in [6.45, 7) is 3.41. The molecule has 0 spiro atoms. The lowest BCUT2D eigenvalue weighted by molar-refractivity contribution is -0.128. The standard InChI is InChI=1S/C17H17ClN4O2S/c1-17(2,24-12-6-3-10(18)4-7-12)15(23)20-11-5-8-13-14(9-11)25-16(21-13)22-19/h3-9H,19H2,1-2H3,(H,20,23)(H,21,22).